The Hall–Kier alpha value is -4.30. The lowest BCUT2D eigenvalue weighted by Gasteiger charge is -2.26. The minimum absolute atomic E-state index is 0.113. The van der Waals surface area contributed by atoms with E-state index in [2.05, 4.69) is 10.6 Å². The van der Waals surface area contributed by atoms with Crippen molar-refractivity contribution in [2.75, 3.05) is 29.6 Å². The molecule has 0 aliphatic rings. The number of hydrogen-bond acceptors (Lipinski definition) is 6. The number of anilines is 3. The minimum Gasteiger partial charge on any atom is -0.491 e. The number of nitrogen functional groups attached to an aromatic ring is 1. The molecule has 0 saturated carbocycles. The van der Waals surface area contributed by atoms with Crippen molar-refractivity contribution in [1.29, 1.82) is 0 Å². The Balaban J connectivity index is 1.67. The maximum atomic E-state index is 12.8. The number of aliphatic hydroxyl groups excluding tert-OH is 1. The van der Waals surface area contributed by atoms with Crippen molar-refractivity contribution in [2.24, 2.45) is 5.92 Å². The van der Waals surface area contributed by atoms with E-state index in [-0.39, 0.29) is 25.0 Å². The van der Waals surface area contributed by atoms with E-state index in [0.29, 0.717) is 41.2 Å². The second-order valence-corrected chi connectivity index (χ2v) is 8.46. The van der Waals surface area contributed by atoms with E-state index in [4.69, 9.17) is 15.2 Å². The molecular weight excluding hydrogens is 470 g/mol. The summed E-state index contributed by atoms with van der Waals surface area (Å²) in [6.07, 6.45) is 3.25. The zero-order chi connectivity index (χ0) is 26.5. The van der Waals surface area contributed by atoms with E-state index in [1.54, 1.807) is 48.5 Å². The van der Waals surface area contributed by atoms with Crippen LogP contribution >= 0.6 is 0 Å². The smallest absolute Gasteiger partial charge is 0.412 e. The number of para-hydroxylation sites is 4. The van der Waals surface area contributed by atoms with Crippen LogP contribution in [0, 0.1) is 5.92 Å². The molecule has 0 heterocycles. The van der Waals surface area contributed by atoms with Gasteiger partial charge in [-0.3, -0.25) is 10.1 Å². The van der Waals surface area contributed by atoms with Gasteiger partial charge in [0, 0.05) is 11.3 Å². The number of amides is 2. The van der Waals surface area contributed by atoms with Crippen molar-refractivity contribution in [3.05, 3.63) is 96.6 Å². The highest BCUT2D eigenvalue weighted by Crippen LogP contribution is 2.35. The predicted molar refractivity (Wildman–Crippen MR) is 145 cm³/mol. The largest absolute Gasteiger partial charge is 0.491 e. The van der Waals surface area contributed by atoms with Crippen LogP contribution in [-0.2, 0) is 9.53 Å². The molecule has 0 bridgehead atoms. The van der Waals surface area contributed by atoms with Crippen LogP contribution < -0.4 is 21.1 Å². The normalized spacial score (nSPS) is 12.5. The van der Waals surface area contributed by atoms with E-state index >= 15 is 0 Å². The van der Waals surface area contributed by atoms with E-state index in [9.17, 15) is 14.7 Å². The van der Waals surface area contributed by atoms with E-state index in [0.717, 1.165) is 0 Å². The Labute approximate surface area is 217 Å². The Kier molecular flexibility index (Phi) is 10.6. The number of hydrogen-bond donors (Lipinski definition) is 4. The number of rotatable bonds is 12. The summed E-state index contributed by atoms with van der Waals surface area (Å²) in [5.74, 6) is 0.150. The number of nitrogens with two attached hydrogens (primary N) is 1. The average molecular weight is 504 g/mol. The van der Waals surface area contributed by atoms with Gasteiger partial charge in [0.1, 0.15) is 18.5 Å². The molecule has 0 saturated heterocycles. The standard InChI is InChI=1S/C29H33N3O5/c1-21(11-5-10-18-27(34)32-25-16-8-7-15-24(25)30)28(23-14-6-9-17-26(23)36-20-19-33)37-29(35)31-22-12-3-2-4-13-22/h2-4,6-10,12-18,21,28,33H,5,11,19-20,30H2,1H3,(H,31,35)(H,32,34)/b18-10+/t21-,28-/m0/s1. The van der Waals surface area contributed by atoms with Gasteiger partial charge in [-0.05, 0) is 55.2 Å². The van der Waals surface area contributed by atoms with Gasteiger partial charge in [0.2, 0.25) is 5.91 Å². The SMILES string of the molecule is C[C@@H](CC/C=C/C(=O)Nc1ccccc1N)[C@H](OC(=O)Nc1ccccc1)c1ccccc1OCCO. The molecular formula is C29H33N3O5. The summed E-state index contributed by atoms with van der Waals surface area (Å²) >= 11 is 0. The second kappa shape index (κ2) is 14.3. The fourth-order valence-corrected chi connectivity index (χ4v) is 3.76. The van der Waals surface area contributed by atoms with Gasteiger partial charge in [-0.1, -0.05) is 61.5 Å². The number of ether oxygens (including phenoxy) is 2. The van der Waals surface area contributed by atoms with Gasteiger partial charge < -0.3 is 25.6 Å². The maximum absolute atomic E-state index is 12.8. The van der Waals surface area contributed by atoms with Crippen molar-refractivity contribution in [2.45, 2.75) is 25.9 Å². The predicted octanol–water partition coefficient (Wildman–Crippen LogP) is 5.54. The molecule has 5 N–H and O–H groups in total. The van der Waals surface area contributed by atoms with Crippen molar-refractivity contribution in [3.8, 4) is 5.75 Å². The van der Waals surface area contributed by atoms with Crippen LogP contribution in [0.1, 0.15) is 31.4 Å². The lowest BCUT2D eigenvalue weighted by Crippen LogP contribution is -2.22. The quantitative estimate of drug-likeness (QED) is 0.190. The van der Waals surface area contributed by atoms with Gasteiger partial charge in [0.05, 0.1) is 18.0 Å². The van der Waals surface area contributed by atoms with Crippen LogP contribution in [0.15, 0.2) is 91.0 Å². The number of benzene rings is 3. The van der Waals surface area contributed by atoms with Gasteiger partial charge in [0.25, 0.3) is 0 Å². The third kappa shape index (κ3) is 8.70. The molecule has 0 aliphatic carbocycles. The Morgan fingerprint density at radius 3 is 2.43 bits per heavy atom. The van der Waals surface area contributed by atoms with Crippen molar-refractivity contribution < 1.29 is 24.2 Å². The number of allylic oxidation sites excluding steroid dienone is 1. The fourth-order valence-electron chi connectivity index (χ4n) is 3.76. The zero-order valence-corrected chi connectivity index (χ0v) is 20.8. The first kappa shape index (κ1) is 27.3. The highest BCUT2D eigenvalue weighted by Gasteiger charge is 2.26. The summed E-state index contributed by atoms with van der Waals surface area (Å²) in [4.78, 5) is 25.0. The summed E-state index contributed by atoms with van der Waals surface area (Å²) < 4.78 is 11.6. The first-order valence-corrected chi connectivity index (χ1v) is 12.1. The molecule has 3 rings (SSSR count). The van der Waals surface area contributed by atoms with Crippen LogP contribution in [0.4, 0.5) is 21.9 Å². The molecule has 8 heteroatoms. The zero-order valence-electron chi connectivity index (χ0n) is 20.8. The highest BCUT2D eigenvalue weighted by atomic mass is 16.6. The van der Waals surface area contributed by atoms with Crippen molar-refractivity contribution in [3.63, 3.8) is 0 Å². The monoisotopic (exact) mass is 503 g/mol. The fraction of sp³-hybridized carbons (Fsp3) is 0.241. The van der Waals surface area contributed by atoms with Gasteiger partial charge in [-0.2, -0.15) is 0 Å². The third-order valence-electron chi connectivity index (χ3n) is 5.62. The topological polar surface area (TPSA) is 123 Å². The molecule has 2 atom stereocenters. The first-order chi connectivity index (χ1) is 18.0. The highest BCUT2D eigenvalue weighted by molar-refractivity contribution is 6.01. The molecule has 3 aromatic rings. The molecule has 0 spiro atoms. The van der Waals surface area contributed by atoms with Crippen LogP contribution in [0.2, 0.25) is 0 Å². The molecule has 194 valence electrons. The van der Waals surface area contributed by atoms with Gasteiger partial charge in [-0.25, -0.2) is 4.79 Å². The van der Waals surface area contributed by atoms with Crippen LogP contribution in [0.3, 0.4) is 0 Å². The van der Waals surface area contributed by atoms with Crippen LogP contribution in [0.5, 0.6) is 5.75 Å². The van der Waals surface area contributed by atoms with E-state index in [1.165, 1.54) is 6.08 Å². The molecule has 0 unspecified atom stereocenters. The summed E-state index contributed by atoms with van der Waals surface area (Å²) in [6.45, 7) is 1.96. The molecule has 0 aliphatic heterocycles. The number of carbonyl (C=O) groups is 2. The Morgan fingerprint density at radius 1 is 0.973 bits per heavy atom. The molecule has 8 nitrogen and oxygen atoms in total. The molecule has 3 aromatic carbocycles. The summed E-state index contributed by atoms with van der Waals surface area (Å²) in [5, 5.41) is 14.7. The molecule has 0 aromatic heterocycles. The maximum Gasteiger partial charge on any atom is 0.412 e. The molecule has 0 fully saturated rings. The van der Waals surface area contributed by atoms with Crippen molar-refractivity contribution in [1.82, 2.24) is 0 Å². The summed E-state index contributed by atoms with van der Waals surface area (Å²) in [7, 11) is 0. The van der Waals surface area contributed by atoms with Crippen LogP contribution in [0.25, 0.3) is 0 Å². The lowest BCUT2D eigenvalue weighted by atomic mass is 9.92. The number of aliphatic hydroxyl groups is 1. The second-order valence-electron chi connectivity index (χ2n) is 8.46. The van der Waals surface area contributed by atoms with Crippen LogP contribution in [-0.4, -0.2) is 30.3 Å². The lowest BCUT2D eigenvalue weighted by molar-refractivity contribution is -0.111. The first-order valence-electron chi connectivity index (χ1n) is 12.1. The van der Waals surface area contributed by atoms with E-state index < -0.39 is 12.2 Å². The minimum atomic E-state index is -0.620. The van der Waals surface area contributed by atoms with Gasteiger partial charge >= 0.3 is 6.09 Å². The Morgan fingerprint density at radius 2 is 1.68 bits per heavy atom. The Bertz CT molecular complexity index is 1180. The summed E-state index contributed by atoms with van der Waals surface area (Å²) in [5.41, 5.74) is 8.25. The van der Waals surface area contributed by atoms with Crippen molar-refractivity contribution >= 4 is 29.1 Å². The molecule has 2 amide bonds. The van der Waals surface area contributed by atoms with Gasteiger partial charge in [0.15, 0.2) is 0 Å². The summed E-state index contributed by atoms with van der Waals surface area (Å²) in [6, 6.07) is 23.4. The third-order valence-corrected chi connectivity index (χ3v) is 5.62. The van der Waals surface area contributed by atoms with E-state index in [1.807, 2.05) is 43.3 Å². The molecule has 37 heavy (non-hydrogen) atoms. The number of nitrogens with one attached hydrogen (secondary N) is 2. The van der Waals surface area contributed by atoms with Gasteiger partial charge in [-0.15, -0.1) is 0 Å². The average Bonchev–Trinajstić information content (AvgIpc) is 2.90. The number of carbonyl (C=O) groups excluding carboxylic acids is 2. The molecule has 0 radical (unpaired) electrons.